The molecule has 1 aromatic carbocycles. The number of amides is 2. The van der Waals surface area contributed by atoms with Crippen LogP contribution in [0.15, 0.2) is 48.8 Å². The lowest BCUT2D eigenvalue weighted by molar-refractivity contribution is -0.136. The number of piperazine rings is 1. The average molecular weight is 394 g/mol. The molecule has 7 nitrogen and oxygen atoms in total. The fourth-order valence-corrected chi connectivity index (χ4v) is 4.06. The Labute approximate surface area is 170 Å². The van der Waals surface area contributed by atoms with Crippen LogP contribution in [0.25, 0.3) is 0 Å². The van der Waals surface area contributed by atoms with Crippen LogP contribution < -0.4 is 14.5 Å². The Bertz CT molecular complexity index is 865. The Morgan fingerprint density at radius 2 is 1.83 bits per heavy atom. The van der Waals surface area contributed by atoms with Crippen molar-refractivity contribution < 1.29 is 14.3 Å². The minimum atomic E-state index is -0.301. The van der Waals surface area contributed by atoms with Gasteiger partial charge < -0.3 is 19.4 Å². The van der Waals surface area contributed by atoms with Crippen molar-refractivity contribution >= 4 is 23.2 Å². The molecule has 7 heteroatoms. The molecule has 0 unspecified atom stereocenters. The van der Waals surface area contributed by atoms with E-state index in [-0.39, 0.29) is 24.2 Å². The SMILES string of the molecule is CCOc1ccccc1N1C[C@H](C(=O)N2CCN(c3ccncc3)CC2)CC1=O. The first-order chi connectivity index (χ1) is 14.2. The third kappa shape index (κ3) is 4.04. The number of hydrogen-bond donors (Lipinski definition) is 0. The number of anilines is 2. The van der Waals surface area contributed by atoms with Gasteiger partial charge in [-0.25, -0.2) is 0 Å². The lowest BCUT2D eigenvalue weighted by atomic mass is 10.1. The minimum Gasteiger partial charge on any atom is -0.492 e. The Hall–Kier alpha value is -3.09. The summed E-state index contributed by atoms with van der Waals surface area (Å²) in [5.74, 6) is 0.433. The van der Waals surface area contributed by atoms with Crippen LogP contribution in [-0.4, -0.2) is 61.0 Å². The molecule has 2 fully saturated rings. The van der Waals surface area contributed by atoms with Gasteiger partial charge in [0.1, 0.15) is 5.75 Å². The number of carbonyl (C=O) groups excluding carboxylic acids is 2. The van der Waals surface area contributed by atoms with Gasteiger partial charge in [0, 0.05) is 57.2 Å². The first kappa shape index (κ1) is 19.2. The molecule has 1 atom stereocenters. The number of hydrogen-bond acceptors (Lipinski definition) is 5. The summed E-state index contributed by atoms with van der Waals surface area (Å²) in [4.78, 5) is 35.6. The van der Waals surface area contributed by atoms with E-state index in [1.165, 1.54) is 0 Å². The van der Waals surface area contributed by atoms with Crippen molar-refractivity contribution in [1.29, 1.82) is 0 Å². The van der Waals surface area contributed by atoms with Crippen LogP contribution in [0.4, 0.5) is 11.4 Å². The predicted octanol–water partition coefficient (Wildman–Crippen LogP) is 2.18. The molecule has 1 aromatic heterocycles. The molecule has 2 aliphatic rings. The number of aromatic nitrogens is 1. The molecule has 2 aromatic rings. The number of para-hydroxylation sites is 2. The van der Waals surface area contributed by atoms with Gasteiger partial charge in [0.15, 0.2) is 0 Å². The van der Waals surface area contributed by atoms with Crippen LogP contribution in [0, 0.1) is 5.92 Å². The van der Waals surface area contributed by atoms with Gasteiger partial charge in [0.25, 0.3) is 0 Å². The van der Waals surface area contributed by atoms with Crippen LogP contribution in [0.2, 0.25) is 0 Å². The number of carbonyl (C=O) groups is 2. The predicted molar refractivity (Wildman–Crippen MR) is 111 cm³/mol. The molecule has 152 valence electrons. The highest BCUT2D eigenvalue weighted by atomic mass is 16.5. The molecule has 29 heavy (non-hydrogen) atoms. The second kappa shape index (κ2) is 8.51. The van der Waals surface area contributed by atoms with E-state index < -0.39 is 0 Å². The highest BCUT2D eigenvalue weighted by Crippen LogP contribution is 2.33. The second-order valence-electron chi connectivity index (χ2n) is 7.32. The van der Waals surface area contributed by atoms with Crippen molar-refractivity contribution in [3.05, 3.63) is 48.8 Å². The second-order valence-corrected chi connectivity index (χ2v) is 7.32. The van der Waals surface area contributed by atoms with E-state index in [1.54, 1.807) is 17.3 Å². The number of ether oxygens (including phenoxy) is 1. The maximum atomic E-state index is 13.1. The molecule has 2 amide bonds. The summed E-state index contributed by atoms with van der Waals surface area (Å²) in [6.07, 6.45) is 3.82. The standard InChI is InChI=1S/C22H26N4O3/c1-2-29-20-6-4-3-5-19(20)26-16-17(15-21(26)27)22(28)25-13-11-24(12-14-25)18-7-9-23-10-8-18/h3-10,17H,2,11-16H2,1H3/t17-/m1/s1. The van der Waals surface area contributed by atoms with Crippen LogP contribution >= 0.6 is 0 Å². The van der Waals surface area contributed by atoms with Gasteiger partial charge in [-0.05, 0) is 31.2 Å². The van der Waals surface area contributed by atoms with Crippen molar-refractivity contribution in [2.75, 3.05) is 49.1 Å². The number of rotatable bonds is 5. The smallest absolute Gasteiger partial charge is 0.228 e. The van der Waals surface area contributed by atoms with Crippen molar-refractivity contribution in [1.82, 2.24) is 9.88 Å². The van der Waals surface area contributed by atoms with Crippen LogP contribution in [0.3, 0.4) is 0 Å². The lowest BCUT2D eigenvalue weighted by Gasteiger charge is -2.37. The molecular weight excluding hydrogens is 368 g/mol. The highest BCUT2D eigenvalue weighted by Gasteiger charge is 2.38. The van der Waals surface area contributed by atoms with Crippen LogP contribution in [-0.2, 0) is 9.59 Å². The van der Waals surface area contributed by atoms with Gasteiger partial charge in [0.05, 0.1) is 18.2 Å². The summed E-state index contributed by atoms with van der Waals surface area (Å²) in [6.45, 7) is 5.76. The minimum absolute atomic E-state index is 0.0223. The zero-order valence-corrected chi connectivity index (χ0v) is 16.7. The maximum absolute atomic E-state index is 13.1. The van der Waals surface area contributed by atoms with Crippen molar-refractivity contribution in [3.8, 4) is 5.75 Å². The molecule has 0 aliphatic carbocycles. The Kier molecular flexibility index (Phi) is 5.64. The summed E-state index contributed by atoms with van der Waals surface area (Å²) in [5, 5.41) is 0. The van der Waals surface area contributed by atoms with Gasteiger partial charge in [-0.1, -0.05) is 12.1 Å². The van der Waals surface area contributed by atoms with Crippen LogP contribution in [0.1, 0.15) is 13.3 Å². The maximum Gasteiger partial charge on any atom is 0.228 e. The highest BCUT2D eigenvalue weighted by molar-refractivity contribution is 6.01. The molecule has 4 rings (SSSR count). The van der Waals surface area contributed by atoms with Gasteiger partial charge >= 0.3 is 0 Å². The largest absolute Gasteiger partial charge is 0.492 e. The van der Waals surface area contributed by atoms with Gasteiger partial charge in [0.2, 0.25) is 11.8 Å². The average Bonchev–Trinajstić information content (AvgIpc) is 3.16. The zero-order valence-electron chi connectivity index (χ0n) is 16.7. The molecule has 2 aliphatic heterocycles. The monoisotopic (exact) mass is 394 g/mol. The van der Waals surface area contributed by atoms with E-state index in [0.29, 0.717) is 32.0 Å². The van der Waals surface area contributed by atoms with E-state index >= 15 is 0 Å². The molecule has 0 radical (unpaired) electrons. The molecule has 3 heterocycles. The van der Waals surface area contributed by atoms with Gasteiger partial charge in [-0.2, -0.15) is 0 Å². The summed E-state index contributed by atoms with van der Waals surface area (Å²) in [5.41, 5.74) is 1.87. The van der Waals surface area contributed by atoms with Crippen molar-refractivity contribution in [2.24, 2.45) is 5.92 Å². The molecule has 0 bridgehead atoms. The summed E-state index contributed by atoms with van der Waals surface area (Å²) in [7, 11) is 0. The third-order valence-electron chi connectivity index (χ3n) is 5.55. The zero-order chi connectivity index (χ0) is 20.2. The fourth-order valence-electron chi connectivity index (χ4n) is 4.06. The summed E-state index contributed by atoms with van der Waals surface area (Å²) < 4.78 is 5.66. The third-order valence-corrected chi connectivity index (χ3v) is 5.55. The number of nitrogens with zero attached hydrogens (tertiary/aromatic N) is 4. The fraction of sp³-hybridized carbons (Fsp3) is 0.409. The number of pyridine rings is 1. The molecule has 0 saturated carbocycles. The first-order valence-corrected chi connectivity index (χ1v) is 10.1. The van der Waals surface area contributed by atoms with E-state index in [9.17, 15) is 9.59 Å². The van der Waals surface area contributed by atoms with Gasteiger partial charge in [-0.15, -0.1) is 0 Å². The quantitative estimate of drug-likeness (QED) is 0.778. The van der Waals surface area contributed by atoms with Crippen LogP contribution in [0.5, 0.6) is 5.75 Å². The van der Waals surface area contributed by atoms with E-state index in [0.717, 1.165) is 24.5 Å². The number of benzene rings is 1. The summed E-state index contributed by atoms with van der Waals surface area (Å²) >= 11 is 0. The molecular formula is C22H26N4O3. The molecule has 2 saturated heterocycles. The van der Waals surface area contributed by atoms with Crippen molar-refractivity contribution in [3.63, 3.8) is 0 Å². The van der Waals surface area contributed by atoms with E-state index in [1.807, 2.05) is 48.2 Å². The van der Waals surface area contributed by atoms with Gasteiger partial charge in [-0.3, -0.25) is 14.6 Å². The molecule has 0 spiro atoms. The summed E-state index contributed by atoms with van der Waals surface area (Å²) in [6, 6.07) is 11.5. The Morgan fingerprint density at radius 1 is 1.10 bits per heavy atom. The normalized spacial score (nSPS) is 19.6. The first-order valence-electron chi connectivity index (χ1n) is 10.1. The lowest BCUT2D eigenvalue weighted by Crippen LogP contribution is -2.50. The van der Waals surface area contributed by atoms with Crippen molar-refractivity contribution in [2.45, 2.75) is 13.3 Å². The Balaban J connectivity index is 1.39. The topological polar surface area (TPSA) is 66.0 Å². The van der Waals surface area contributed by atoms with E-state index in [4.69, 9.17) is 4.74 Å². The molecule has 0 N–H and O–H groups in total. The van der Waals surface area contributed by atoms with E-state index in [2.05, 4.69) is 9.88 Å². The Morgan fingerprint density at radius 3 is 2.55 bits per heavy atom.